The Balaban J connectivity index is 1.47. The zero-order valence-electron chi connectivity index (χ0n) is 22.9. The predicted octanol–water partition coefficient (Wildman–Crippen LogP) is 7.83. The number of fused-ring (bicyclic) bond motifs is 1. The monoisotopic (exact) mass is 577 g/mol. The molecule has 0 bridgehead atoms. The Morgan fingerprint density at radius 2 is 1.60 bits per heavy atom. The van der Waals surface area contributed by atoms with Gasteiger partial charge in [0.25, 0.3) is 5.91 Å². The first kappa shape index (κ1) is 28.3. The average molecular weight is 578 g/mol. The number of amides is 2. The molecule has 1 aliphatic carbocycles. The van der Waals surface area contributed by atoms with Gasteiger partial charge in [-0.2, -0.15) is 0 Å². The van der Waals surface area contributed by atoms with Gasteiger partial charge in [0.1, 0.15) is 10.7 Å². The molecule has 0 atom stereocenters. The van der Waals surface area contributed by atoms with Gasteiger partial charge in [0.05, 0.1) is 5.02 Å². The van der Waals surface area contributed by atoms with E-state index in [0.29, 0.717) is 27.2 Å². The van der Waals surface area contributed by atoms with E-state index in [9.17, 15) is 9.59 Å². The van der Waals surface area contributed by atoms with E-state index in [-0.39, 0.29) is 30.2 Å². The van der Waals surface area contributed by atoms with E-state index in [4.69, 9.17) is 11.6 Å². The molecule has 8 heteroatoms. The molecule has 40 heavy (non-hydrogen) atoms. The van der Waals surface area contributed by atoms with Crippen LogP contribution in [0, 0.1) is 5.82 Å². The highest BCUT2D eigenvalue weighted by molar-refractivity contribution is 7.21. The first-order valence-electron chi connectivity index (χ1n) is 13.5. The van der Waals surface area contributed by atoms with Crippen molar-refractivity contribution >= 4 is 50.5 Å². The molecule has 2 amide bonds. The third-order valence-corrected chi connectivity index (χ3v) is 9.42. The van der Waals surface area contributed by atoms with E-state index >= 15 is 4.39 Å². The van der Waals surface area contributed by atoms with Crippen LogP contribution in [0.15, 0.2) is 66.7 Å². The number of nitrogens with one attached hydrogen (secondary N) is 1. The Morgan fingerprint density at radius 3 is 2.25 bits per heavy atom. The third-order valence-electron chi connectivity index (χ3n) is 7.75. The largest absolute Gasteiger partial charge is 0.330 e. The summed E-state index contributed by atoms with van der Waals surface area (Å²) in [6, 6.07) is 20.7. The first-order valence-corrected chi connectivity index (χ1v) is 14.7. The smallest absolute Gasteiger partial charge is 0.266 e. The molecule has 0 aliphatic heterocycles. The molecule has 208 valence electrons. The predicted molar refractivity (Wildman–Crippen MR) is 163 cm³/mol. The minimum atomic E-state index is -0.346. The molecule has 4 aromatic rings. The molecule has 1 aliphatic rings. The molecule has 1 aromatic heterocycles. The van der Waals surface area contributed by atoms with Crippen molar-refractivity contribution in [1.29, 1.82) is 0 Å². The Labute approximate surface area is 243 Å². The molecule has 1 N–H and O–H groups in total. The second-order valence-electron chi connectivity index (χ2n) is 10.7. The van der Waals surface area contributed by atoms with Crippen LogP contribution in [-0.2, 0) is 11.3 Å². The second kappa shape index (κ2) is 12.1. The number of thiophene rings is 1. The maximum Gasteiger partial charge on any atom is 0.266 e. The molecule has 0 saturated heterocycles. The van der Waals surface area contributed by atoms with Crippen molar-refractivity contribution in [3.63, 3.8) is 0 Å². The van der Waals surface area contributed by atoms with Crippen LogP contribution >= 0.6 is 22.9 Å². The molecule has 0 unspecified atom stereocenters. The van der Waals surface area contributed by atoms with Crippen LogP contribution in [0.5, 0.6) is 0 Å². The molecule has 0 radical (unpaired) electrons. The number of benzene rings is 3. The van der Waals surface area contributed by atoms with Crippen LogP contribution < -0.4 is 5.32 Å². The summed E-state index contributed by atoms with van der Waals surface area (Å²) in [7, 11) is 4.18. The number of nitrogens with zero attached hydrogens (tertiary/aromatic N) is 2. The van der Waals surface area contributed by atoms with Gasteiger partial charge in [-0.25, -0.2) is 4.39 Å². The van der Waals surface area contributed by atoms with Crippen molar-refractivity contribution in [3.05, 3.63) is 88.0 Å². The zero-order chi connectivity index (χ0) is 28.4. The zero-order valence-corrected chi connectivity index (χ0v) is 24.5. The maximum atomic E-state index is 15.3. The van der Waals surface area contributed by atoms with Crippen LogP contribution in [0.2, 0.25) is 5.02 Å². The number of carbonyl (C=O) groups is 2. The van der Waals surface area contributed by atoms with Crippen LogP contribution in [0.1, 0.15) is 47.8 Å². The highest BCUT2D eigenvalue weighted by atomic mass is 35.5. The van der Waals surface area contributed by atoms with Crippen molar-refractivity contribution in [1.82, 2.24) is 9.80 Å². The fourth-order valence-electron chi connectivity index (χ4n) is 5.54. The average Bonchev–Trinajstić information content (AvgIpc) is 3.29. The fourth-order valence-corrected chi connectivity index (χ4v) is 7.01. The Hall–Kier alpha value is -3.26. The van der Waals surface area contributed by atoms with Gasteiger partial charge >= 0.3 is 0 Å². The lowest BCUT2D eigenvalue weighted by Gasteiger charge is -2.39. The number of halogens is 2. The summed E-state index contributed by atoms with van der Waals surface area (Å²) >= 11 is 8.13. The lowest BCUT2D eigenvalue weighted by Crippen LogP contribution is -2.44. The van der Waals surface area contributed by atoms with E-state index in [2.05, 4.69) is 24.3 Å². The number of hydrogen-bond acceptors (Lipinski definition) is 4. The van der Waals surface area contributed by atoms with E-state index in [1.807, 2.05) is 59.5 Å². The molecular weight excluding hydrogens is 545 g/mol. The van der Waals surface area contributed by atoms with Gasteiger partial charge in [0, 0.05) is 46.9 Å². The number of hydrogen-bond donors (Lipinski definition) is 1. The van der Waals surface area contributed by atoms with E-state index in [1.54, 1.807) is 6.07 Å². The van der Waals surface area contributed by atoms with Gasteiger partial charge in [-0.15, -0.1) is 11.3 Å². The second-order valence-corrected chi connectivity index (χ2v) is 12.1. The minimum Gasteiger partial charge on any atom is -0.330 e. The molecule has 0 spiro atoms. The maximum absolute atomic E-state index is 15.3. The number of rotatable bonds is 7. The number of carbonyl (C=O) groups excluding carboxylic acids is 2. The van der Waals surface area contributed by atoms with Crippen LogP contribution in [0.4, 0.5) is 10.1 Å². The quantitative estimate of drug-likeness (QED) is 0.243. The first-order chi connectivity index (χ1) is 19.2. The summed E-state index contributed by atoms with van der Waals surface area (Å²) in [5, 5.41) is 4.09. The Bertz CT molecular complexity index is 1530. The summed E-state index contributed by atoms with van der Waals surface area (Å²) in [4.78, 5) is 30.1. The number of anilines is 1. The lowest BCUT2D eigenvalue weighted by molar-refractivity contribution is -0.114. The van der Waals surface area contributed by atoms with Crippen LogP contribution in [0.3, 0.4) is 0 Å². The topological polar surface area (TPSA) is 52.7 Å². The van der Waals surface area contributed by atoms with Gasteiger partial charge in [-0.1, -0.05) is 48.0 Å². The van der Waals surface area contributed by atoms with E-state index < -0.39 is 0 Å². The molecule has 5 nitrogen and oxygen atoms in total. The molecule has 5 rings (SSSR count). The van der Waals surface area contributed by atoms with Crippen molar-refractivity contribution in [3.8, 4) is 11.1 Å². The summed E-state index contributed by atoms with van der Waals surface area (Å²) in [6.07, 6.45) is 3.65. The normalized spacial score (nSPS) is 17.2. The summed E-state index contributed by atoms with van der Waals surface area (Å²) < 4.78 is 16.2. The van der Waals surface area contributed by atoms with Gasteiger partial charge < -0.3 is 15.1 Å². The summed E-state index contributed by atoms with van der Waals surface area (Å²) in [6.45, 7) is 1.62. The highest BCUT2D eigenvalue weighted by Gasteiger charge is 2.32. The molecule has 1 saturated carbocycles. The van der Waals surface area contributed by atoms with Crippen LogP contribution in [-0.4, -0.2) is 47.8 Å². The van der Waals surface area contributed by atoms with Crippen molar-refractivity contribution < 1.29 is 14.0 Å². The Kier molecular flexibility index (Phi) is 8.54. The van der Waals surface area contributed by atoms with Crippen LogP contribution in [0.25, 0.3) is 21.2 Å². The van der Waals surface area contributed by atoms with Crippen molar-refractivity contribution in [2.24, 2.45) is 0 Å². The Morgan fingerprint density at radius 1 is 0.950 bits per heavy atom. The lowest BCUT2D eigenvalue weighted by atomic mass is 9.89. The minimum absolute atomic E-state index is 0.00928. The van der Waals surface area contributed by atoms with Gasteiger partial charge in [-0.3, -0.25) is 9.59 Å². The third kappa shape index (κ3) is 6.07. The highest BCUT2D eigenvalue weighted by Crippen LogP contribution is 2.38. The molecular formula is C32H33ClFN3O2S. The summed E-state index contributed by atoms with van der Waals surface area (Å²) in [5.74, 6) is -0.635. The molecule has 3 aromatic carbocycles. The van der Waals surface area contributed by atoms with Crippen molar-refractivity contribution in [2.75, 3.05) is 19.4 Å². The summed E-state index contributed by atoms with van der Waals surface area (Å²) in [5.41, 5.74) is 2.90. The van der Waals surface area contributed by atoms with Gasteiger partial charge in [-0.05, 0) is 81.2 Å². The molecule has 1 heterocycles. The molecule has 1 fully saturated rings. The standard InChI is InChI=1S/C32H33ClFN3O2S/c1-20(38)35-24-11-8-21(9-12-24)22-10-17-28(34)23(18-22)19-37(26-15-13-25(14-16-26)36(2)3)32(39)31-30(33)27-6-4-5-7-29(27)40-31/h4-12,17-18,25-26H,13-16,19H2,1-3H3,(H,35,38)/t25-,26-. The SMILES string of the molecule is CC(=O)Nc1ccc(-c2ccc(F)c(CN(C(=O)c3sc4ccccc4c3Cl)[C@H]3CC[C@H](N(C)C)CC3)c2)cc1. The van der Waals surface area contributed by atoms with Gasteiger partial charge in [0.15, 0.2) is 0 Å². The fraction of sp³-hybridized carbons (Fsp3) is 0.312. The van der Waals surface area contributed by atoms with E-state index in [1.165, 1.54) is 24.3 Å². The van der Waals surface area contributed by atoms with Gasteiger partial charge in [0.2, 0.25) is 5.91 Å². The van der Waals surface area contributed by atoms with Crippen molar-refractivity contribution in [2.45, 2.75) is 51.2 Å². The van der Waals surface area contributed by atoms with E-state index in [0.717, 1.165) is 46.9 Å².